The molecule has 0 aromatic heterocycles. The molecule has 0 atom stereocenters. The van der Waals surface area contributed by atoms with Gasteiger partial charge < -0.3 is 10.1 Å². The predicted octanol–water partition coefficient (Wildman–Crippen LogP) is 4.15. The van der Waals surface area contributed by atoms with Crippen LogP contribution >= 0.6 is 27.5 Å². The van der Waals surface area contributed by atoms with Crippen LogP contribution in [0.4, 0.5) is 0 Å². The first-order chi connectivity index (χ1) is 8.75. The molecular formula is C14H19BrClNO. The minimum atomic E-state index is 0.508. The number of nitrogens with one attached hydrogen (secondary N) is 1. The first kappa shape index (κ1) is 14.3. The zero-order valence-electron chi connectivity index (χ0n) is 10.4. The van der Waals surface area contributed by atoms with Crippen LogP contribution in [0.3, 0.4) is 0 Å². The highest BCUT2D eigenvalue weighted by atomic mass is 79.9. The summed E-state index contributed by atoms with van der Waals surface area (Å²) in [6, 6.07) is 6.03. The molecule has 1 aliphatic carbocycles. The van der Waals surface area contributed by atoms with Crippen LogP contribution in [0.25, 0.3) is 0 Å². The van der Waals surface area contributed by atoms with Crippen LogP contribution in [0.2, 0.25) is 5.02 Å². The molecule has 18 heavy (non-hydrogen) atoms. The molecule has 0 aliphatic heterocycles. The molecule has 2 rings (SSSR count). The molecule has 0 radical (unpaired) electrons. The number of ether oxygens (including phenoxy) is 1. The van der Waals surface area contributed by atoms with Crippen molar-refractivity contribution in [3.63, 3.8) is 0 Å². The Morgan fingerprint density at radius 1 is 1.33 bits per heavy atom. The van der Waals surface area contributed by atoms with Crippen molar-refractivity contribution < 1.29 is 4.74 Å². The molecule has 0 heterocycles. The van der Waals surface area contributed by atoms with Gasteiger partial charge >= 0.3 is 0 Å². The predicted molar refractivity (Wildman–Crippen MR) is 79.1 cm³/mol. The standard InChI is InChI=1S/C14H19BrClNO/c15-13-6-5-11(9-14(13)16)10-17-7-8-18-12-3-1-2-4-12/h5-6,9,12,17H,1-4,7-8,10H2. The van der Waals surface area contributed by atoms with Gasteiger partial charge in [-0.1, -0.05) is 30.5 Å². The van der Waals surface area contributed by atoms with E-state index < -0.39 is 0 Å². The van der Waals surface area contributed by atoms with E-state index in [0.29, 0.717) is 6.10 Å². The van der Waals surface area contributed by atoms with Crippen molar-refractivity contribution in [2.45, 2.75) is 38.3 Å². The molecular weight excluding hydrogens is 314 g/mol. The van der Waals surface area contributed by atoms with Gasteiger partial charge in [0.15, 0.2) is 0 Å². The highest BCUT2D eigenvalue weighted by molar-refractivity contribution is 9.10. The maximum Gasteiger partial charge on any atom is 0.0594 e. The van der Waals surface area contributed by atoms with Crippen LogP contribution in [-0.2, 0) is 11.3 Å². The van der Waals surface area contributed by atoms with Gasteiger partial charge in [-0.05, 0) is 46.5 Å². The van der Waals surface area contributed by atoms with Gasteiger partial charge in [-0.2, -0.15) is 0 Å². The lowest BCUT2D eigenvalue weighted by atomic mass is 10.2. The Morgan fingerprint density at radius 2 is 2.11 bits per heavy atom. The number of hydrogen-bond donors (Lipinski definition) is 1. The highest BCUT2D eigenvalue weighted by Gasteiger charge is 2.14. The van der Waals surface area contributed by atoms with Crippen molar-refractivity contribution in [3.8, 4) is 0 Å². The lowest BCUT2D eigenvalue weighted by Crippen LogP contribution is -2.21. The monoisotopic (exact) mass is 331 g/mol. The fourth-order valence-electron chi connectivity index (χ4n) is 2.24. The molecule has 0 unspecified atom stereocenters. The van der Waals surface area contributed by atoms with Gasteiger partial charge in [0.05, 0.1) is 17.7 Å². The van der Waals surface area contributed by atoms with Gasteiger partial charge in [0, 0.05) is 17.6 Å². The number of halogens is 2. The summed E-state index contributed by atoms with van der Waals surface area (Å²) < 4.78 is 6.73. The molecule has 1 aliphatic rings. The summed E-state index contributed by atoms with van der Waals surface area (Å²) in [5.41, 5.74) is 1.20. The van der Waals surface area contributed by atoms with Crippen LogP contribution in [-0.4, -0.2) is 19.3 Å². The zero-order chi connectivity index (χ0) is 12.8. The number of rotatable bonds is 6. The summed E-state index contributed by atoms with van der Waals surface area (Å²) in [6.07, 6.45) is 5.64. The Morgan fingerprint density at radius 3 is 2.83 bits per heavy atom. The smallest absolute Gasteiger partial charge is 0.0594 e. The summed E-state index contributed by atoms with van der Waals surface area (Å²) in [4.78, 5) is 0. The number of hydrogen-bond acceptors (Lipinski definition) is 2. The highest BCUT2D eigenvalue weighted by Crippen LogP contribution is 2.23. The summed E-state index contributed by atoms with van der Waals surface area (Å²) in [5, 5.41) is 4.13. The fraction of sp³-hybridized carbons (Fsp3) is 0.571. The second-order valence-electron chi connectivity index (χ2n) is 4.70. The molecule has 0 saturated heterocycles. The van der Waals surface area contributed by atoms with Crippen molar-refractivity contribution in [1.82, 2.24) is 5.32 Å². The van der Waals surface area contributed by atoms with E-state index in [0.717, 1.165) is 29.2 Å². The van der Waals surface area contributed by atoms with E-state index in [1.54, 1.807) is 0 Å². The minimum absolute atomic E-state index is 0.508. The maximum atomic E-state index is 6.04. The van der Waals surface area contributed by atoms with E-state index in [1.165, 1.54) is 31.2 Å². The molecule has 0 amide bonds. The molecule has 0 bridgehead atoms. The second kappa shape index (κ2) is 7.49. The van der Waals surface area contributed by atoms with Gasteiger partial charge in [-0.25, -0.2) is 0 Å². The summed E-state index contributed by atoms with van der Waals surface area (Å²) in [7, 11) is 0. The van der Waals surface area contributed by atoms with Crippen molar-refractivity contribution in [2.75, 3.05) is 13.2 Å². The third kappa shape index (κ3) is 4.54. The first-order valence-electron chi connectivity index (χ1n) is 6.52. The normalized spacial score (nSPS) is 16.3. The molecule has 1 N–H and O–H groups in total. The Kier molecular flexibility index (Phi) is 5.96. The Hall–Kier alpha value is -0.0900. The van der Waals surface area contributed by atoms with Crippen molar-refractivity contribution >= 4 is 27.5 Å². The third-order valence-corrected chi connectivity index (χ3v) is 4.48. The second-order valence-corrected chi connectivity index (χ2v) is 5.96. The minimum Gasteiger partial charge on any atom is -0.377 e. The van der Waals surface area contributed by atoms with Crippen LogP contribution < -0.4 is 5.32 Å². The van der Waals surface area contributed by atoms with Gasteiger partial charge in [0.1, 0.15) is 0 Å². The van der Waals surface area contributed by atoms with Gasteiger partial charge in [0.2, 0.25) is 0 Å². The van der Waals surface area contributed by atoms with Gasteiger partial charge in [-0.15, -0.1) is 0 Å². The largest absolute Gasteiger partial charge is 0.377 e. The van der Waals surface area contributed by atoms with Crippen LogP contribution in [0.1, 0.15) is 31.2 Å². The maximum absolute atomic E-state index is 6.04. The van der Waals surface area contributed by atoms with E-state index in [9.17, 15) is 0 Å². The Labute approximate surface area is 122 Å². The first-order valence-corrected chi connectivity index (χ1v) is 7.69. The van der Waals surface area contributed by atoms with Crippen molar-refractivity contribution in [1.29, 1.82) is 0 Å². The molecule has 1 fully saturated rings. The fourth-order valence-corrected chi connectivity index (χ4v) is 2.68. The third-order valence-electron chi connectivity index (χ3n) is 3.25. The molecule has 1 aromatic carbocycles. The molecule has 2 nitrogen and oxygen atoms in total. The molecule has 4 heteroatoms. The average Bonchev–Trinajstić information content (AvgIpc) is 2.86. The summed E-state index contributed by atoms with van der Waals surface area (Å²) in [5.74, 6) is 0. The van der Waals surface area contributed by atoms with Crippen molar-refractivity contribution in [2.24, 2.45) is 0 Å². The summed E-state index contributed by atoms with van der Waals surface area (Å²) >= 11 is 9.43. The molecule has 100 valence electrons. The lowest BCUT2D eigenvalue weighted by Gasteiger charge is -2.11. The Bertz CT molecular complexity index is 380. The topological polar surface area (TPSA) is 21.3 Å². The van der Waals surface area contributed by atoms with E-state index in [4.69, 9.17) is 16.3 Å². The lowest BCUT2D eigenvalue weighted by molar-refractivity contribution is 0.0603. The van der Waals surface area contributed by atoms with Gasteiger partial charge in [0.25, 0.3) is 0 Å². The van der Waals surface area contributed by atoms with E-state index in [1.807, 2.05) is 12.1 Å². The van der Waals surface area contributed by atoms with Crippen LogP contribution in [0.15, 0.2) is 22.7 Å². The van der Waals surface area contributed by atoms with E-state index in [2.05, 4.69) is 27.3 Å². The van der Waals surface area contributed by atoms with Crippen molar-refractivity contribution in [3.05, 3.63) is 33.3 Å². The van der Waals surface area contributed by atoms with E-state index in [-0.39, 0.29) is 0 Å². The quantitative estimate of drug-likeness (QED) is 0.790. The molecule has 1 aromatic rings. The summed E-state index contributed by atoms with van der Waals surface area (Å²) in [6.45, 7) is 2.53. The van der Waals surface area contributed by atoms with Crippen LogP contribution in [0, 0.1) is 0 Å². The Balaban J connectivity index is 1.61. The van der Waals surface area contributed by atoms with Gasteiger partial charge in [-0.3, -0.25) is 0 Å². The SMILES string of the molecule is Clc1cc(CNCCOC2CCCC2)ccc1Br. The van der Waals surface area contributed by atoms with Crippen LogP contribution in [0.5, 0.6) is 0 Å². The molecule has 1 saturated carbocycles. The number of benzene rings is 1. The zero-order valence-corrected chi connectivity index (χ0v) is 12.8. The average molecular weight is 333 g/mol. The van der Waals surface area contributed by atoms with E-state index >= 15 is 0 Å². The molecule has 0 spiro atoms.